The van der Waals surface area contributed by atoms with E-state index < -0.39 is 11.9 Å². The van der Waals surface area contributed by atoms with Gasteiger partial charge in [0.05, 0.1) is 30.9 Å². The van der Waals surface area contributed by atoms with Gasteiger partial charge in [-0.25, -0.2) is 9.59 Å². The third-order valence-electron chi connectivity index (χ3n) is 3.86. The van der Waals surface area contributed by atoms with Crippen LogP contribution in [0.1, 0.15) is 22.8 Å². The summed E-state index contributed by atoms with van der Waals surface area (Å²) >= 11 is 0. The Kier molecular flexibility index (Phi) is 5.54. The number of carbonyl (C=O) groups excluding carboxylic acids is 3. The smallest absolute Gasteiger partial charge is 0.340 e. The number of nitrogens with zero attached hydrogens (tertiary/aromatic N) is 1. The molecule has 0 spiro atoms. The number of benzene rings is 1. The maximum Gasteiger partial charge on any atom is 0.340 e. The largest absolute Gasteiger partial charge is 0.465 e. The first kappa shape index (κ1) is 18.2. The lowest BCUT2D eigenvalue weighted by molar-refractivity contribution is -0.136. The van der Waals surface area contributed by atoms with Gasteiger partial charge in [-0.2, -0.15) is 0 Å². The van der Waals surface area contributed by atoms with Crippen LogP contribution in [-0.4, -0.2) is 43.5 Å². The highest BCUT2D eigenvalue weighted by molar-refractivity contribution is 6.16. The van der Waals surface area contributed by atoms with Crippen LogP contribution in [0, 0.1) is 0 Å². The Hall–Kier alpha value is -3.15. The highest BCUT2D eigenvalue weighted by atomic mass is 16.5. The molecule has 0 saturated heterocycles. The molecule has 1 aromatic rings. The summed E-state index contributed by atoms with van der Waals surface area (Å²) in [7, 11) is 2.58. The Morgan fingerprint density at radius 2 is 1.72 bits per heavy atom. The van der Waals surface area contributed by atoms with Crippen molar-refractivity contribution in [2.45, 2.75) is 6.92 Å². The lowest BCUT2D eigenvalue weighted by atomic mass is 10.0. The minimum Gasteiger partial charge on any atom is -0.465 e. The molecule has 0 saturated carbocycles. The van der Waals surface area contributed by atoms with Gasteiger partial charge in [0.25, 0.3) is 5.91 Å². The van der Waals surface area contributed by atoms with Gasteiger partial charge in [-0.15, -0.1) is 6.58 Å². The summed E-state index contributed by atoms with van der Waals surface area (Å²) in [5.74, 6) is -1.32. The monoisotopic (exact) mass is 341 g/mol. The molecule has 0 aliphatic carbocycles. The second-order valence-corrected chi connectivity index (χ2v) is 5.33. The lowest BCUT2D eigenvalue weighted by Gasteiger charge is -2.14. The van der Waals surface area contributed by atoms with Gasteiger partial charge in [0, 0.05) is 12.2 Å². The van der Waals surface area contributed by atoms with E-state index in [1.165, 1.54) is 19.1 Å². The van der Waals surface area contributed by atoms with Crippen LogP contribution in [0.5, 0.6) is 0 Å². The third-order valence-corrected chi connectivity index (χ3v) is 3.86. The van der Waals surface area contributed by atoms with Crippen LogP contribution in [-0.2, 0) is 19.1 Å². The van der Waals surface area contributed by atoms with Crippen LogP contribution in [0.3, 0.4) is 0 Å². The summed E-state index contributed by atoms with van der Waals surface area (Å²) in [6.45, 7) is 5.62. The van der Waals surface area contributed by atoms with Gasteiger partial charge in [0.2, 0.25) is 0 Å². The van der Waals surface area contributed by atoms with Crippen molar-refractivity contribution < 1.29 is 23.9 Å². The van der Waals surface area contributed by atoms with E-state index in [2.05, 4.69) is 11.3 Å². The van der Waals surface area contributed by atoms with E-state index in [-0.39, 0.29) is 17.1 Å². The molecule has 1 heterocycles. The fourth-order valence-electron chi connectivity index (χ4n) is 2.58. The number of amides is 1. The Morgan fingerprint density at radius 1 is 1.12 bits per heavy atom. The first-order valence-corrected chi connectivity index (χ1v) is 7.57. The van der Waals surface area contributed by atoms with Gasteiger partial charge < -0.3 is 14.4 Å². The number of esters is 2. The summed E-state index contributed by atoms with van der Waals surface area (Å²) in [5.41, 5.74) is 2.07. The standard InChI is InChI=1S/C19H19NO5/c1-5-10-20-12(2)16(19(23)25-4)15(17(20)21)11-13-6-8-14(9-7-13)18(22)24-3/h5-9,11H,1,10H2,2-4H3/b15-11+. The Labute approximate surface area is 146 Å². The van der Waals surface area contributed by atoms with Crippen LogP contribution in [0.25, 0.3) is 6.08 Å². The molecule has 1 amide bonds. The fourth-order valence-corrected chi connectivity index (χ4v) is 2.58. The molecule has 1 aromatic carbocycles. The molecule has 0 bridgehead atoms. The van der Waals surface area contributed by atoms with Gasteiger partial charge in [-0.05, 0) is 30.7 Å². The van der Waals surface area contributed by atoms with Crippen molar-refractivity contribution in [3.63, 3.8) is 0 Å². The molecule has 2 rings (SSSR count). The van der Waals surface area contributed by atoms with E-state index in [9.17, 15) is 14.4 Å². The van der Waals surface area contributed by atoms with Crippen molar-refractivity contribution in [3.8, 4) is 0 Å². The Bertz CT molecular complexity index is 787. The molecule has 0 unspecified atom stereocenters. The van der Waals surface area contributed by atoms with Crippen LogP contribution < -0.4 is 0 Å². The number of hydrogen-bond donors (Lipinski definition) is 0. The molecule has 0 N–H and O–H groups in total. The van der Waals surface area contributed by atoms with E-state index in [0.29, 0.717) is 23.4 Å². The third kappa shape index (κ3) is 3.52. The molecule has 1 aliphatic rings. The number of rotatable bonds is 5. The van der Waals surface area contributed by atoms with Gasteiger partial charge in [0.15, 0.2) is 0 Å². The fraction of sp³-hybridized carbons (Fsp3) is 0.211. The lowest BCUT2D eigenvalue weighted by Crippen LogP contribution is -2.24. The maximum atomic E-state index is 12.6. The molecule has 0 radical (unpaired) electrons. The summed E-state index contributed by atoms with van der Waals surface area (Å²) in [5, 5.41) is 0. The van der Waals surface area contributed by atoms with Crippen molar-refractivity contribution in [2.24, 2.45) is 0 Å². The second-order valence-electron chi connectivity index (χ2n) is 5.33. The van der Waals surface area contributed by atoms with Crippen molar-refractivity contribution in [1.82, 2.24) is 4.90 Å². The number of methoxy groups -OCH3 is 2. The Morgan fingerprint density at radius 3 is 2.24 bits per heavy atom. The molecule has 1 aliphatic heterocycles. The van der Waals surface area contributed by atoms with E-state index in [1.54, 1.807) is 43.3 Å². The summed E-state index contributed by atoms with van der Waals surface area (Å²) in [6.07, 6.45) is 3.19. The SMILES string of the molecule is C=CCN1C(=O)/C(=C/c2ccc(C(=O)OC)cc2)C(C(=O)OC)=C1C. The van der Waals surface area contributed by atoms with Crippen molar-refractivity contribution >= 4 is 23.9 Å². The highest BCUT2D eigenvalue weighted by Gasteiger charge is 2.36. The molecule has 0 aromatic heterocycles. The molecular weight excluding hydrogens is 322 g/mol. The maximum absolute atomic E-state index is 12.6. The normalized spacial score (nSPS) is 15.6. The van der Waals surface area contributed by atoms with E-state index in [4.69, 9.17) is 4.74 Å². The minimum atomic E-state index is -0.574. The van der Waals surface area contributed by atoms with Crippen LogP contribution in [0.2, 0.25) is 0 Å². The summed E-state index contributed by atoms with van der Waals surface area (Å²) < 4.78 is 9.46. The van der Waals surface area contributed by atoms with Crippen molar-refractivity contribution in [1.29, 1.82) is 0 Å². The zero-order valence-electron chi connectivity index (χ0n) is 14.4. The first-order valence-electron chi connectivity index (χ1n) is 7.57. The van der Waals surface area contributed by atoms with E-state index in [1.807, 2.05) is 0 Å². The summed E-state index contributed by atoms with van der Waals surface area (Å²) in [6, 6.07) is 6.53. The summed E-state index contributed by atoms with van der Waals surface area (Å²) in [4.78, 5) is 37.7. The van der Waals surface area contributed by atoms with Gasteiger partial charge in [-0.3, -0.25) is 4.79 Å². The number of carbonyl (C=O) groups is 3. The van der Waals surface area contributed by atoms with Gasteiger partial charge >= 0.3 is 11.9 Å². The molecule has 25 heavy (non-hydrogen) atoms. The highest BCUT2D eigenvalue weighted by Crippen LogP contribution is 2.31. The van der Waals surface area contributed by atoms with Crippen molar-refractivity contribution in [3.05, 3.63) is 64.9 Å². The van der Waals surface area contributed by atoms with Crippen LogP contribution in [0.4, 0.5) is 0 Å². The van der Waals surface area contributed by atoms with Crippen LogP contribution >= 0.6 is 0 Å². The average molecular weight is 341 g/mol. The van der Waals surface area contributed by atoms with Crippen LogP contribution in [0.15, 0.2) is 53.8 Å². The second kappa shape index (κ2) is 7.61. The molecule has 0 fully saturated rings. The molecule has 6 nitrogen and oxygen atoms in total. The van der Waals surface area contributed by atoms with Crippen molar-refractivity contribution in [2.75, 3.05) is 20.8 Å². The predicted octanol–water partition coefficient (Wildman–Crippen LogP) is 2.33. The zero-order chi connectivity index (χ0) is 18.6. The number of ether oxygens (including phenoxy) is 2. The average Bonchev–Trinajstić information content (AvgIpc) is 2.85. The van der Waals surface area contributed by atoms with E-state index in [0.717, 1.165) is 0 Å². The van der Waals surface area contributed by atoms with Gasteiger partial charge in [-0.1, -0.05) is 18.2 Å². The zero-order valence-corrected chi connectivity index (χ0v) is 14.4. The predicted molar refractivity (Wildman–Crippen MR) is 92.4 cm³/mol. The Balaban J connectivity index is 2.45. The molecule has 6 heteroatoms. The topological polar surface area (TPSA) is 72.9 Å². The van der Waals surface area contributed by atoms with Gasteiger partial charge in [0.1, 0.15) is 0 Å². The first-order chi connectivity index (χ1) is 11.9. The number of hydrogen-bond acceptors (Lipinski definition) is 5. The molecule has 0 atom stereocenters. The quantitative estimate of drug-likeness (QED) is 0.467. The number of allylic oxidation sites excluding steroid dienone is 1. The molecule has 130 valence electrons. The van der Waals surface area contributed by atoms with E-state index >= 15 is 0 Å². The molecular formula is C19H19NO5. The minimum absolute atomic E-state index is 0.228.